The summed E-state index contributed by atoms with van der Waals surface area (Å²) in [6.45, 7) is 27.6. The lowest BCUT2D eigenvalue weighted by Gasteiger charge is -2.34. The number of nitrogens with zero attached hydrogens (tertiary/aromatic N) is 12. The Morgan fingerprint density at radius 3 is 0.815 bits per heavy atom. The highest BCUT2D eigenvalue weighted by molar-refractivity contribution is 8.14. The minimum atomic E-state index is -0.460. The second kappa shape index (κ2) is 49.6. The van der Waals surface area contributed by atoms with Crippen molar-refractivity contribution in [3.8, 4) is 0 Å². The summed E-state index contributed by atoms with van der Waals surface area (Å²) in [5, 5.41) is 11.8. The summed E-state index contributed by atoms with van der Waals surface area (Å²) in [7, 11) is 0. The molecule has 6 heterocycles. The van der Waals surface area contributed by atoms with Crippen molar-refractivity contribution in [2.45, 2.75) is 141 Å². The normalized spacial score (nSPS) is 13.8. The second-order valence-electron chi connectivity index (χ2n) is 29.5. The Kier molecular flexibility index (Phi) is 39.7. The van der Waals surface area contributed by atoms with Gasteiger partial charge >= 0.3 is 31.4 Å². The van der Waals surface area contributed by atoms with Crippen molar-refractivity contribution in [2.24, 2.45) is 5.92 Å². The predicted molar refractivity (Wildman–Crippen MR) is 511 cm³/mol. The smallest absolute Gasteiger partial charge is 0.267 e. The van der Waals surface area contributed by atoms with E-state index < -0.39 is 70.9 Å². The monoisotopic (exact) mass is 1900 g/mol. The third kappa shape index (κ3) is 24.2. The van der Waals surface area contributed by atoms with E-state index in [1.165, 1.54) is 30.1 Å². The average Bonchev–Trinajstić information content (AvgIpc) is 1.69. The van der Waals surface area contributed by atoms with Crippen LogP contribution in [-0.2, 0) is 6.54 Å². The molecule has 0 spiro atoms. The first-order valence-electron chi connectivity index (χ1n) is 42.3. The standard InChI is InChI=1S/C19H18N2O3S.C16H20N2O3S.2C15H18N2O3S.C14H16N2O3S2.C14H16N2O3S/c1-3-25-19(24)20(12-14-10-8-13(2)9-11-14)21-17(22)15-6-4-5-7-16(15)18(21)23;1-3-5-8-11-17(16(21)22-4-2)18-14(19)12-9-6-7-10-13(12)15(18)20;1-4-21-15(20)16(9-10(2)3)17-13(18)11-7-5-6-8-12(11)14(17)19;1-4-10(3)16(15(20)21-5-2)17-13(18)11-8-6-7-9-12(11)14(17)19;1-3-21-14(19)15(8-9-20-2)16-12(17)10-6-4-5-7-11(10)13(16)18;1-4-20-14(19)15(9(2)3)16-12(17)10-7-5-6-8-11(10)13(16)18/h4-11H,3,12H2,1-2H3;6-7,9-10H,3-5,8,11H2,1-2H3;5-8,10H,4,9H2,1-3H3;6-10H,4-5H2,1-3H3;4-7H,3,8-9H2,1-2H3;5-9H,4H2,1-3H3. The maximum atomic E-state index is 12.7. The van der Waals surface area contributed by atoms with Crippen molar-refractivity contribution >= 4 is 185 Å². The first-order valence-corrected chi connectivity index (χ1v) is 49.6. The average molecular weight is 1900 g/mol. The molecular formula is C93H106N12O18S7. The maximum absolute atomic E-state index is 12.7. The zero-order chi connectivity index (χ0) is 95.5. The maximum Gasteiger partial charge on any atom is 0.301 e. The van der Waals surface area contributed by atoms with Gasteiger partial charge in [-0.05, 0) is 166 Å². The van der Waals surface area contributed by atoms with E-state index in [1.54, 1.807) is 171 Å². The van der Waals surface area contributed by atoms with E-state index >= 15 is 0 Å². The summed E-state index contributed by atoms with van der Waals surface area (Å²) in [5.74, 6) is -0.867. The summed E-state index contributed by atoms with van der Waals surface area (Å²) in [5.41, 5.74) is 6.14. The molecule has 37 heteroatoms. The Morgan fingerprint density at radius 2 is 0.546 bits per heavy atom. The topological polar surface area (TPSA) is 346 Å². The van der Waals surface area contributed by atoms with Crippen molar-refractivity contribution in [1.29, 1.82) is 0 Å². The Bertz CT molecular complexity index is 5220. The van der Waals surface area contributed by atoms with Crippen LogP contribution in [0.5, 0.6) is 0 Å². The van der Waals surface area contributed by atoms with Crippen LogP contribution in [0, 0.1) is 12.8 Å². The molecule has 0 aromatic heterocycles. The van der Waals surface area contributed by atoms with Gasteiger partial charge in [-0.3, -0.25) is 86.3 Å². The fourth-order valence-electron chi connectivity index (χ4n) is 13.6. The van der Waals surface area contributed by atoms with Gasteiger partial charge in [0.05, 0.1) is 85.9 Å². The number of benzene rings is 7. The summed E-state index contributed by atoms with van der Waals surface area (Å²) < 4.78 is 0. The van der Waals surface area contributed by atoms with E-state index in [9.17, 15) is 86.3 Å². The van der Waals surface area contributed by atoms with Gasteiger partial charge in [0.25, 0.3) is 70.9 Å². The van der Waals surface area contributed by atoms with Gasteiger partial charge in [0.2, 0.25) is 0 Å². The highest BCUT2D eigenvalue weighted by atomic mass is 32.2. The van der Waals surface area contributed by atoms with E-state index in [0.29, 0.717) is 133 Å². The molecule has 1 unspecified atom stereocenters. The number of imide groups is 6. The highest BCUT2D eigenvalue weighted by Gasteiger charge is 2.48. The fourth-order valence-corrected chi connectivity index (χ4v) is 17.5. The van der Waals surface area contributed by atoms with Crippen LogP contribution in [-0.4, -0.2) is 241 Å². The van der Waals surface area contributed by atoms with Crippen LogP contribution in [0.1, 0.15) is 251 Å². The molecule has 30 nitrogen and oxygen atoms in total. The lowest BCUT2D eigenvalue weighted by molar-refractivity contribution is 0.00994. The zero-order valence-electron chi connectivity index (χ0n) is 75.1. The van der Waals surface area contributed by atoms with Crippen molar-refractivity contribution in [3.63, 3.8) is 0 Å². The van der Waals surface area contributed by atoms with Gasteiger partial charge in [-0.25, -0.2) is 30.1 Å². The van der Waals surface area contributed by atoms with Gasteiger partial charge in [-0.15, -0.1) is 0 Å². The number of carbonyl (C=O) groups is 18. The molecule has 13 rings (SSSR count). The first kappa shape index (κ1) is 104. The second-order valence-corrected chi connectivity index (χ2v) is 37.8. The molecule has 0 aliphatic carbocycles. The number of thioether (sulfide) groups is 7. The van der Waals surface area contributed by atoms with Gasteiger partial charge in [0, 0.05) is 24.9 Å². The number of amides is 18. The molecule has 0 N–H and O–H groups in total. The number of rotatable bonds is 26. The largest absolute Gasteiger partial charge is 0.301 e. The third-order valence-corrected chi connectivity index (χ3v) is 24.8. The van der Waals surface area contributed by atoms with E-state index in [2.05, 4.69) is 6.92 Å². The van der Waals surface area contributed by atoms with Gasteiger partial charge in [0.15, 0.2) is 0 Å². The quantitative estimate of drug-likeness (QED) is 0.0359. The van der Waals surface area contributed by atoms with E-state index in [-0.39, 0.29) is 56.0 Å². The number of hydrazine groups is 6. The number of hydrogen-bond acceptors (Lipinski definition) is 25. The molecule has 0 bridgehead atoms. The predicted octanol–water partition coefficient (Wildman–Crippen LogP) is 19.2. The Balaban J connectivity index is 0.000000193. The number of unbranched alkanes of at least 4 members (excludes halogenated alkanes) is 2. The fraction of sp³-hybridized carbons (Fsp3) is 0.355. The molecule has 0 fully saturated rings. The van der Waals surface area contributed by atoms with Crippen LogP contribution in [0.15, 0.2) is 170 Å². The molecular weight excluding hydrogens is 1800 g/mol. The SMILES string of the molecule is CCCCCN(C(=O)SCC)N1C(=O)c2ccccc2C1=O.CCSC(=O)N(C(C)C)N1C(=O)c2ccccc2C1=O.CCSC(=O)N(C(C)CC)N1C(=O)c2ccccc2C1=O.CCSC(=O)N(CC(C)C)N1C(=O)c2ccccc2C1=O.CCSC(=O)N(CCSC)N1C(=O)c2ccccc2C1=O.CCSC(=O)N(Cc1ccc(C)cc1)N1C(=O)c2ccccc2C1=O. The van der Waals surface area contributed by atoms with Crippen molar-refractivity contribution in [3.05, 3.63) is 248 Å². The van der Waals surface area contributed by atoms with Crippen LogP contribution in [0.2, 0.25) is 0 Å². The molecule has 688 valence electrons. The first-order chi connectivity index (χ1) is 62.2. The van der Waals surface area contributed by atoms with Crippen molar-refractivity contribution < 1.29 is 86.3 Å². The molecule has 7 aromatic carbocycles. The van der Waals surface area contributed by atoms with Crippen LogP contribution in [0.25, 0.3) is 0 Å². The summed E-state index contributed by atoms with van der Waals surface area (Å²) in [4.78, 5) is 224. The molecule has 0 saturated carbocycles. The minimum absolute atomic E-state index is 0.149. The molecule has 130 heavy (non-hydrogen) atoms. The molecule has 1 atom stereocenters. The van der Waals surface area contributed by atoms with Crippen LogP contribution in [0.4, 0.5) is 28.8 Å². The van der Waals surface area contributed by atoms with Crippen molar-refractivity contribution in [2.75, 3.05) is 66.2 Å². The molecule has 0 saturated heterocycles. The Hall–Kier alpha value is -11.4. The molecule has 0 radical (unpaired) electrons. The molecule has 18 amide bonds. The molecule has 6 aliphatic heterocycles. The number of carbonyl (C=O) groups excluding carboxylic acids is 18. The third-order valence-electron chi connectivity index (χ3n) is 19.8. The summed E-state index contributed by atoms with van der Waals surface area (Å²) in [6, 6.07) is 47.0. The number of fused-ring (bicyclic) bond motifs is 6. The Morgan fingerprint density at radius 1 is 0.300 bits per heavy atom. The molecule has 6 aliphatic rings. The van der Waals surface area contributed by atoms with E-state index in [0.717, 1.165) is 131 Å². The minimum Gasteiger partial charge on any atom is -0.267 e. The van der Waals surface area contributed by atoms with Crippen LogP contribution < -0.4 is 0 Å². The van der Waals surface area contributed by atoms with Gasteiger partial charge in [0.1, 0.15) is 0 Å². The van der Waals surface area contributed by atoms with Gasteiger partial charge < -0.3 is 0 Å². The lowest BCUT2D eigenvalue weighted by Crippen LogP contribution is -2.52. The van der Waals surface area contributed by atoms with Crippen LogP contribution >= 0.6 is 82.3 Å². The number of hydrogen-bond donors (Lipinski definition) is 0. The summed E-state index contributed by atoms with van der Waals surface area (Å²) in [6.07, 6.45) is 5.29. The Labute approximate surface area is 786 Å². The van der Waals surface area contributed by atoms with Crippen LogP contribution in [0.3, 0.4) is 0 Å². The van der Waals surface area contributed by atoms with Gasteiger partial charge in [-0.1, -0.05) is 255 Å². The summed E-state index contributed by atoms with van der Waals surface area (Å²) >= 11 is 8.09. The van der Waals surface area contributed by atoms with E-state index in [4.69, 9.17) is 0 Å². The van der Waals surface area contributed by atoms with Crippen molar-refractivity contribution in [1.82, 2.24) is 60.1 Å². The van der Waals surface area contributed by atoms with Gasteiger partial charge in [-0.2, -0.15) is 41.8 Å². The molecule has 7 aromatic rings. The zero-order valence-corrected chi connectivity index (χ0v) is 80.8. The van der Waals surface area contributed by atoms with E-state index in [1.807, 2.05) is 107 Å². The highest BCUT2D eigenvalue weighted by Crippen LogP contribution is 2.35. The lowest BCUT2D eigenvalue weighted by atomic mass is 10.1. The number of aryl methyl sites for hydroxylation is 1.